The molecule has 4 rings (SSSR count). The van der Waals surface area contributed by atoms with Gasteiger partial charge in [0, 0.05) is 35.6 Å². The molecule has 0 unspecified atom stereocenters. The number of aromatic nitrogens is 3. The van der Waals surface area contributed by atoms with Crippen LogP contribution in [0, 0.1) is 16.7 Å². The van der Waals surface area contributed by atoms with E-state index in [-0.39, 0.29) is 0 Å². The number of nitrogen functional groups attached to an aromatic ring is 1. The van der Waals surface area contributed by atoms with E-state index in [4.69, 9.17) is 5.73 Å². The molecule has 1 fully saturated rings. The molecule has 0 saturated carbocycles. The van der Waals surface area contributed by atoms with Crippen LogP contribution in [0.4, 0.5) is 5.82 Å². The van der Waals surface area contributed by atoms with Crippen molar-refractivity contribution >= 4 is 5.82 Å². The predicted octanol–water partition coefficient (Wildman–Crippen LogP) is 2.41. The van der Waals surface area contributed by atoms with Crippen LogP contribution in [0.25, 0.3) is 11.1 Å². The van der Waals surface area contributed by atoms with Crippen LogP contribution in [0.1, 0.15) is 48.8 Å². The number of pyridine rings is 1. The Balaban J connectivity index is 1.86. The molecule has 2 aromatic heterocycles. The summed E-state index contributed by atoms with van der Waals surface area (Å²) in [5, 5.41) is 13.2. The van der Waals surface area contributed by atoms with E-state index in [0.717, 1.165) is 61.4 Å². The highest BCUT2D eigenvalue weighted by Crippen LogP contribution is 2.45. The first-order valence-corrected chi connectivity index (χ1v) is 9.39. The lowest BCUT2D eigenvalue weighted by atomic mass is 9.66. The Morgan fingerprint density at radius 1 is 1.23 bits per heavy atom. The van der Waals surface area contributed by atoms with Gasteiger partial charge in [-0.25, -0.2) is 15.0 Å². The van der Waals surface area contributed by atoms with E-state index in [2.05, 4.69) is 26.3 Å². The number of nitrogens with one attached hydrogen (secondary N) is 1. The van der Waals surface area contributed by atoms with Gasteiger partial charge in [0.15, 0.2) is 0 Å². The molecule has 1 spiro atoms. The molecule has 3 N–H and O–H groups in total. The molecule has 1 aliphatic heterocycles. The van der Waals surface area contributed by atoms with Gasteiger partial charge >= 0.3 is 0 Å². The van der Waals surface area contributed by atoms with Crippen LogP contribution in [0.2, 0.25) is 0 Å². The monoisotopic (exact) mass is 348 g/mol. The van der Waals surface area contributed by atoms with E-state index >= 15 is 0 Å². The lowest BCUT2D eigenvalue weighted by Gasteiger charge is -2.42. The molecular weight excluding hydrogens is 324 g/mol. The zero-order valence-corrected chi connectivity index (χ0v) is 15.2. The van der Waals surface area contributed by atoms with Crippen molar-refractivity contribution in [1.82, 2.24) is 20.3 Å². The van der Waals surface area contributed by atoms with Gasteiger partial charge in [-0.2, -0.15) is 5.26 Å². The van der Waals surface area contributed by atoms with Gasteiger partial charge in [0.1, 0.15) is 23.3 Å². The first-order chi connectivity index (χ1) is 12.7. The quantitative estimate of drug-likeness (QED) is 0.864. The number of hydrogen-bond donors (Lipinski definition) is 2. The molecule has 0 aromatic carbocycles. The molecule has 2 aromatic rings. The average molecular weight is 348 g/mol. The number of piperidine rings is 1. The van der Waals surface area contributed by atoms with Gasteiger partial charge < -0.3 is 11.1 Å². The van der Waals surface area contributed by atoms with Crippen molar-refractivity contribution in [1.29, 1.82) is 5.26 Å². The molecule has 3 heterocycles. The Hall–Kier alpha value is -2.52. The van der Waals surface area contributed by atoms with Gasteiger partial charge in [-0.1, -0.05) is 6.92 Å². The second kappa shape index (κ2) is 6.65. The number of hydrogen-bond acceptors (Lipinski definition) is 6. The first-order valence-electron chi connectivity index (χ1n) is 9.39. The summed E-state index contributed by atoms with van der Waals surface area (Å²) in [6.07, 6.45) is 9.80. The maximum atomic E-state index is 9.74. The smallest absolute Gasteiger partial charge is 0.142 e. The fourth-order valence-corrected chi connectivity index (χ4v) is 4.42. The second-order valence-corrected chi connectivity index (χ2v) is 7.45. The minimum Gasteiger partial charge on any atom is -0.383 e. The van der Waals surface area contributed by atoms with Crippen LogP contribution in [-0.2, 0) is 19.3 Å². The number of nitrogens with zero attached hydrogens (tertiary/aromatic N) is 4. The fourth-order valence-electron chi connectivity index (χ4n) is 4.42. The largest absolute Gasteiger partial charge is 0.383 e. The lowest BCUT2D eigenvalue weighted by molar-refractivity contribution is 0.172. The van der Waals surface area contributed by atoms with Gasteiger partial charge in [-0.05, 0) is 56.2 Å². The van der Waals surface area contributed by atoms with Crippen LogP contribution in [0.15, 0.2) is 12.4 Å². The van der Waals surface area contributed by atoms with Crippen LogP contribution in [0.3, 0.4) is 0 Å². The zero-order valence-electron chi connectivity index (χ0n) is 15.2. The zero-order chi connectivity index (χ0) is 18.1. The molecule has 6 heteroatoms. The van der Waals surface area contributed by atoms with Crippen molar-refractivity contribution < 1.29 is 0 Å². The number of nitriles is 1. The molecule has 0 amide bonds. The Kier molecular flexibility index (Phi) is 4.33. The summed E-state index contributed by atoms with van der Waals surface area (Å²) >= 11 is 0. The van der Waals surface area contributed by atoms with Crippen LogP contribution in [0.5, 0.6) is 0 Å². The Labute approximate surface area is 153 Å². The Morgan fingerprint density at radius 2 is 1.96 bits per heavy atom. The SMILES string of the molecule is CCc1ncc(-c2c(C#N)c(N)nc3c2CC2(CCNCC2)CC3)cn1. The van der Waals surface area contributed by atoms with Gasteiger partial charge in [0.25, 0.3) is 0 Å². The molecule has 0 atom stereocenters. The van der Waals surface area contributed by atoms with Crippen LogP contribution < -0.4 is 11.1 Å². The summed E-state index contributed by atoms with van der Waals surface area (Å²) < 4.78 is 0. The van der Waals surface area contributed by atoms with E-state index in [1.807, 2.05) is 19.3 Å². The number of nitrogens with two attached hydrogens (primary N) is 1. The van der Waals surface area contributed by atoms with Gasteiger partial charge in [-0.3, -0.25) is 0 Å². The summed E-state index contributed by atoms with van der Waals surface area (Å²) in [6, 6.07) is 2.28. The summed E-state index contributed by atoms with van der Waals surface area (Å²) in [5.74, 6) is 1.13. The standard InChI is InChI=1S/C20H24N6/c1-2-17-24-11-13(12-25-17)18-14-9-20(5-7-23-8-6-20)4-3-16(14)26-19(22)15(18)10-21/h11-12,23H,2-9H2,1H3,(H2,22,26). The molecule has 26 heavy (non-hydrogen) atoms. The Bertz CT molecular complexity index is 859. The maximum Gasteiger partial charge on any atom is 0.142 e. The van der Waals surface area contributed by atoms with Gasteiger partial charge in [-0.15, -0.1) is 0 Å². The molecule has 0 bridgehead atoms. The third-order valence-electron chi connectivity index (χ3n) is 5.94. The van der Waals surface area contributed by atoms with E-state index in [1.165, 1.54) is 18.4 Å². The normalized spacial score (nSPS) is 18.3. The van der Waals surface area contributed by atoms with Gasteiger partial charge in [0.2, 0.25) is 0 Å². The summed E-state index contributed by atoms with van der Waals surface area (Å²) in [5.41, 5.74) is 10.9. The summed E-state index contributed by atoms with van der Waals surface area (Å²) in [4.78, 5) is 13.5. The summed E-state index contributed by atoms with van der Waals surface area (Å²) in [6.45, 7) is 4.15. The number of anilines is 1. The minimum absolute atomic E-state index is 0.307. The highest BCUT2D eigenvalue weighted by atomic mass is 14.9. The number of aryl methyl sites for hydroxylation is 2. The van der Waals surface area contributed by atoms with Crippen molar-refractivity contribution in [2.45, 2.75) is 45.4 Å². The van der Waals surface area contributed by atoms with Crippen molar-refractivity contribution in [3.8, 4) is 17.2 Å². The lowest BCUT2D eigenvalue weighted by Crippen LogP contribution is -2.40. The third kappa shape index (κ3) is 2.82. The van der Waals surface area contributed by atoms with Crippen molar-refractivity contribution in [2.75, 3.05) is 18.8 Å². The number of fused-ring (bicyclic) bond motifs is 1. The fraction of sp³-hybridized carbons (Fsp3) is 0.500. The molecule has 134 valence electrons. The van der Waals surface area contributed by atoms with Gasteiger partial charge in [0.05, 0.1) is 0 Å². The molecule has 6 nitrogen and oxygen atoms in total. The van der Waals surface area contributed by atoms with E-state index < -0.39 is 0 Å². The van der Waals surface area contributed by atoms with E-state index in [1.54, 1.807) is 0 Å². The van der Waals surface area contributed by atoms with E-state index in [9.17, 15) is 5.26 Å². The van der Waals surface area contributed by atoms with Crippen molar-refractivity contribution in [2.24, 2.45) is 5.41 Å². The molecule has 1 aliphatic carbocycles. The molecule has 2 aliphatic rings. The minimum atomic E-state index is 0.307. The first kappa shape index (κ1) is 16.9. The molecular formula is C20H24N6. The maximum absolute atomic E-state index is 9.74. The number of rotatable bonds is 2. The average Bonchev–Trinajstić information content (AvgIpc) is 2.68. The molecule has 1 saturated heterocycles. The highest BCUT2D eigenvalue weighted by molar-refractivity contribution is 5.78. The van der Waals surface area contributed by atoms with Crippen LogP contribution >= 0.6 is 0 Å². The van der Waals surface area contributed by atoms with Crippen LogP contribution in [-0.4, -0.2) is 28.0 Å². The Morgan fingerprint density at radius 3 is 2.62 bits per heavy atom. The topological polar surface area (TPSA) is 101 Å². The third-order valence-corrected chi connectivity index (χ3v) is 5.94. The van der Waals surface area contributed by atoms with Crippen molar-refractivity contribution in [3.05, 3.63) is 35.0 Å². The predicted molar refractivity (Wildman–Crippen MR) is 100 cm³/mol. The highest BCUT2D eigenvalue weighted by Gasteiger charge is 2.38. The summed E-state index contributed by atoms with van der Waals surface area (Å²) in [7, 11) is 0. The second-order valence-electron chi connectivity index (χ2n) is 7.45. The van der Waals surface area contributed by atoms with Crippen molar-refractivity contribution in [3.63, 3.8) is 0 Å². The van der Waals surface area contributed by atoms with E-state index in [0.29, 0.717) is 16.8 Å². The molecule has 0 radical (unpaired) electrons.